The SMILES string of the molecule is N#CCN1CCN(Cc2cccc([N+](=O)[O-])c2Br)CC1. The third kappa shape index (κ3) is 3.54. The van der Waals surface area contributed by atoms with E-state index in [0.717, 1.165) is 31.7 Å². The van der Waals surface area contributed by atoms with Crippen molar-refractivity contribution in [1.82, 2.24) is 9.80 Å². The van der Waals surface area contributed by atoms with Crippen LogP contribution in [0.4, 0.5) is 5.69 Å². The Labute approximate surface area is 125 Å². The highest BCUT2D eigenvalue weighted by molar-refractivity contribution is 9.10. The molecule has 2 rings (SSSR count). The lowest BCUT2D eigenvalue weighted by molar-refractivity contribution is -0.385. The Hall–Kier alpha value is -1.49. The number of hydrogen-bond acceptors (Lipinski definition) is 5. The van der Waals surface area contributed by atoms with Crippen LogP contribution >= 0.6 is 15.9 Å². The van der Waals surface area contributed by atoms with Crippen LogP contribution in [0.1, 0.15) is 5.56 Å². The summed E-state index contributed by atoms with van der Waals surface area (Å²) in [6.07, 6.45) is 0. The molecule has 20 heavy (non-hydrogen) atoms. The van der Waals surface area contributed by atoms with Gasteiger partial charge in [-0.1, -0.05) is 12.1 Å². The summed E-state index contributed by atoms with van der Waals surface area (Å²) in [5.74, 6) is 0. The minimum Gasteiger partial charge on any atom is -0.296 e. The van der Waals surface area contributed by atoms with Crippen molar-refractivity contribution in [2.24, 2.45) is 0 Å². The molecule has 1 aliphatic rings. The molecule has 0 N–H and O–H groups in total. The quantitative estimate of drug-likeness (QED) is 0.477. The van der Waals surface area contributed by atoms with Gasteiger partial charge in [0.05, 0.1) is 22.0 Å². The Balaban J connectivity index is 2.00. The summed E-state index contributed by atoms with van der Waals surface area (Å²) in [5.41, 5.74) is 1.03. The largest absolute Gasteiger partial charge is 0.296 e. The van der Waals surface area contributed by atoms with Gasteiger partial charge in [0.1, 0.15) is 0 Å². The van der Waals surface area contributed by atoms with Crippen molar-refractivity contribution in [2.75, 3.05) is 32.7 Å². The van der Waals surface area contributed by atoms with E-state index in [1.165, 1.54) is 6.07 Å². The summed E-state index contributed by atoms with van der Waals surface area (Å²) >= 11 is 3.32. The second kappa shape index (κ2) is 6.79. The number of nitro benzene ring substituents is 1. The first kappa shape index (κ1) is 14.9. The summed E-state index contributed by atoms with van der Waals surface area (Å²) in [5, 5.41) is 19.6. The van der Waals surface area contributed by atoms with E-state index in [4.69, 9.17) is 5.26 Å². The van der Waals surface area contributed by atoms with E-state index in [1.54, 1.807) is 6.07 Å². The topological polar surface area (TPSA) is 73.4 Å². The van der Waals surface area contributed by atoms with Crippen LogP contribution in [0.2, 0.25) is 0 Å². The Morgan fingerprint density at radius 3 is 2.55 bits per heavy atom. The summed E-state index contributed by atoms with van der Waals surface area (Å²) in [6.45, 7) is 4.62. The molecule has 0 saturated carbocycles. The normalized spacial score (nSPS) is 16.8. The average Bonchev–Trinajstić information content (AvgIpc) is 2.43. The lowest BCUT2D eigenvalue weighted by Gasteiger charge is -2.33. The van der Waals surface area contributed by atoms with Crippen LogP contribution in [-0.2, 0) is 6.54 Å². The zero-order valence-corrected chi connectivity index (χ0v) is 12.5. The molecule has 0 amide bonds. The molecule has 0 aliphatic carbocycles. The lowest BCUT2D eigenvalue weighted by Crippen LogP contribution is -2.45. The Morgan fingerprint density at radius 2 is 1.95 bits per heavy atom. The van der Waals surface area contributed by atoms with Gasteiger partial charge < -0.3 is 0 Å². The van der Waals surface area contributed by atoms with Gasteiger partial charge in [0.25, 0.3) is 5.69 Å². The fraction of sp³-hybridized carbons (Fsp3) is 0.462. The molecule has 0 bridgehead atoms. The summed E-state index contributed by atoms with van der Waals surface area (Å²) in [4.78, 5) is 14.9. The molecule has 6 nitrogen and oxygen atoms in total. The summed E-state index contributed by atoms with van der Waals surface area (Å²) in [7, 11) is 0. The molecule has 0 radical (unpaired) electrons. The zero-order valence-electron chi connectivity index (χ0n) is 11.0. The van der Waals surface area contributed by atoms with Crippen molar-refractivity contribution in [3.63, 3.8) is 0 Å². The lowest BCUT2D eigenvalue weighted by atomic mass is 10.1. The molecule has 1 saturated heterocycles. The fourth-order valence-electron chi connectivity index (χ4n) is 2.28. The van der Waals surface area contributed by atoms with Gasteiger partial charge in [0, 0.05) is 38.8 Å². The van der Waals surface area contributed by atoms with Crippen LogP contribution in [0.5, 0.6) is 0 Å². The predicted octanol–water partition coefficient (Wildman–Crippen LogP) is 2.00. The maximum absolute atomic E-state index is 10.9. The molecule has 0 spiro atoms. The smallest absolute Gasteiger partial charge is 0.283 e. The van der Waals surface area contributed by atoms with E-state index in [9.17, 15) is 10.1 Å². The highest BCUT2D eigenvalue weighted by Crippen LogP contribution is 2.29. The maximum atomic E-state index is 10.9. The van der Waals surface area contributed by atoms with Gasteiger partial charge in [-0.25, -0.2) is 0 Å². The fourth-order valence-corrected chi connectivity index (χ4v) is 2.81. The third-order valence-corrected chi connectivity index (χ3v) is 4.32. The molecule has 1 fully saturated rings. The van der Waals surface area contributed by atoms with Gasteiger partial charge in [0.15, 0.2) is 0 Å². The molecular formula is C13H15BrN4O2. The Kier molecular flexibility index (Phi) is 5.06. The van der Waals surface area contributed by atoms with Crippen molar-refractivity contribution >= 4 is 21.6 Å². The predicted molar refractivity (Wildman–Crippen MR) is 78.1 cm³/mol. The summed E-state index contributed by atoms with van der Waals surface area (Å²) in [6, 6.07) is 7.27. The van der Waals surface area contributed by atoms with Crippen LogP contribution in [-0.4, -0.2) is 47.4 Å². The maximum Gasteiger partial charge on any atom is 0.283 e. The van der Waals surface area contributed by atoms with E-state index in [2.05, 4.69) is 31.8 Å². The van der Waals surface area contributed by atoms with Gasteiger partial charge in [-0.15, -0.1) is 0 Å². The highest BCUT2D eigenvalue weighted by atomic mass is 79.9. The van der Waals surface area contributed by atoms with Crippen molar-refractivity contribution < 1.29 is 4.92 Å². The van der Waals surface area contributed by atoms with Crippen molar-refractivity contribution in [3.05, 3.63) is 38.3 Å². The average molecular weight is 339 g/mol. The number of piperazine rings is 1. The van der Waals surface area contributed by atoms with Crippen molar-refractivity contribution in [3.8, 4) is 6.07 Å². The molecular weight excluding hydrogens is 324 g/mol. The second-order valence-electron chi connectivity index (χ2n) is 4.72. The van der Waals surface area contributed by atoms with E-state index in [1.807, 2.05) is 6.07 Å². The van der Waals surface area contributed by atoms with E-state index in [0.29, 0.717) is 17.6 Å². The van der Waals surface area contributed by atoms with Crippen LogP contribution in [0, 0.1) is 21.4 Å². The van der Waals surface area contributed by atoms with Crippen LogP contribution in [0.3, 0.4) is 0 Å². The van der Waals surface area contributed by atoms with Crippen LogP contribution in [0.15, 0.2) is 22.7 Å². The molecule has 1 aromatic rings. The number of nitriles is 1. The van der Waals surface area contributed by atoms with Crippen molar-refractivity contribution in [2.45, 2.75) is 6.54 Å². The molecule has 106 valence electrons. The second-order valence-corrected chi connectivity index (χ2v) is 5.51. The first-order chi connectivity index (χ1) is 9.61. The molecule has 1 aromatic carbocycles. The molecule has 7 heteroatoms. The number of benzene rings is 1. The van der Waals surface area contributed by atoms with E-state index in [-0.39, 0.29) is 10.6 Å². The van der Waals surface area contributed by atoms with Gasteiger partial charge >= 0.3 is 0 Å². The monoisotopic (exact) mass is 338 g/mol. The number of hydrogen-bond donors (Lipinski definition) is 0. The Morgan fingerprint density at radius 1 is 1.30 bits per heavy atom. The zero-order chi connectivity index (χ0) is 14.5. The summed E-state index contributed by atoms with van der Waals surface area (Å²) < 4.78 is 0.560. The highest BCUT2D eigenvalue weighted by Gasteiger charge is 2.20. The number of nitrogens with zero attached hydrogens (tertiary/aromatic N) is 4. The van der Waals surface area contributed by atoms with Gasteiger partial charge in [-0.3, -0.25) is 19.9 Å². The molecule has 1 heterocycles. The molecule has 0 aromatic heterocycles. The van der Waals surface area contributed by atoms with Gasteiger partial charge in [0.2, 0.25) is 0 Å². The molecule has 1 aliphatic heterocycles. The van der Waals surface area contributed by atoms with Crippen molar-refractivity contribution in [1.29, 1.82) is 5.26 Å². The van der Waals surface area contributed by atoms with Gasteiger partial charge in [-0.2, -0.15) is 5.26 Å². The molecule has 0 atom stereocenters. The standard InChI is InChI=1S/C13H15BrN4O2/c14-13-11(2-1-3-12(13)18(19)20)10-17-8-6-16(5-4-15)7-9-17/h1-3H,5-10H2. The van der Waals surface area contributed by atoms with E-state index < -0.39 is 0 Å². The van der Waals surface area contributed by atoms with E-state index >= 15 is 0 Å². The molecule has 0 unspecified atom stereocenters. The van der Waals surface area contributed by atoms with Gasteiger partial charge in [-0.05, 0) is 21.5 Å². The van der Waals surface area contributed by atoms with Crippen LogP contribution < -0.4 is 0 Å². The third-order valence-electron chi connectivity index (χ3n) is 3.41. The van der Waals surface area contributed by atoms with Crippen LogP contribution in [0.25, 0.3) is 0 Å². The number of nitro groups is 1. The number of halogens is 1. The first-order valence-corrected chi connectivity index (χ1v) is 7.14. The minimum absolute atomic E-state index is 0.102. The minimum atomic E-state index is -0.377. The first-order valence-electron chi connectivity index (χ1n) is 6.35. The Bertz CT molecular complexity index is 536. The number of rotatable bonds is 4.